The second-order valence-electron chi connectivity index (χ2n) is 4.57. The predicted molar refractivity (Wildman–Crippen MR) is 66.2 cm³/mol. The van der Waals surface area contributed by atoms with Gasteiger partial charge in [-0.1, -0.05) is 0 Å². The zero-order valence-corrected chi connectivity index (χ0v) is 10.9. The number of ketones is 1. The summed E-state index contributed by atoms with van der Waals surface area (Å²) in [5, 5.41) is 3.72. The third kappa shape index (κ3) is 3.44. The first-order chi connectivity index (χ1) is 8.88. The number of nitrogens with zero attached hydrogens (tertiary/aromatic N) is 1. The number of carbonyl (C=O) groups excluding carboxylic acids is 1. The summed E-state index contributed by atoms with van der Waals surface area (Å²) in [6.45, 7) is 1.79. The minimum atomic E-state index is -4.90. The number of aromatic nitrogens is 1. The maximum atomic E-state index is 12.3. The van der Waals surface area contributed by atoms with Gasteiger partial charge in [-0.05, 0) is 31.8 Å². The second-order valence-corrected chi connectivity index (χ2v) is 5.65. The third-order valence-electron chi connectivity index (χ3n) is 3.02. The van der Waals surface area contributed by atoms with Crippen molar-refractivity contribution in [3.05, 3.63) is 9.88 Å². The number of halogens is 3. The molecule has 1 atom stereocenters. The van der Waals surface area contributed by atoms with Crippen LogP contribution in [0.2, 0.25) is 0 Å². The van der Waals surface area contributed by atoms with E-state index in [4.69, 9.17) is 5.73 Å². The number of piperidine rings is 1. The summed E-state index contributed by atoms with van der Waals surface area (Å²) in [5.74, 6) is -1.88. The summed E-state index contributed by atoms with van der Waals surface area (Å²) in [6.07, 6.45) is -2.29. The van der Waals surface area contributed by atoms with Crippen molar-refractivity contribution in [2.45, 2.75) is 25.4 Å². The summed E-state index contributed by atoms with van der Waals surface area (Å²) in [6, 6.07) is 0. The molecule has 1 aromatic heterocycles. The van der Waals surface area contributed by atoms with Crippen molar-refractivity contribution in [3.63, 3.8) is 0 Å². The fourth-order valence-electron chi connectivity index (χ4n) is 2.10. The molecule has 0 aromatic carbocycles. The molecular formula is C11H14F3N3OS. The Labute approximate surface area is 112 Å². The minimum absolute atomic E-state index is 0.314. The monoisotopic (exact) mass is 293 g/mol. The Hall–Kier alpha value is -1.15. The van der Waals surface area contributed by atoms with Gasteiger partial charge in [-0.15, -0.1) is 11.3 Å². The smallest absolute Gasteiger partial charge is 0.382 e. The maximum Gasteiger partial charge on any atom is 0.455 e. The van der Waals surface area contributed by atoms with E-state index < -0.39 is 16.8 Å². The quantitative estimate of drug-likeness (QED) is 0.837. The topological polar surface area (TPSA) is 68.0 Å². The van der Waals surface area contributed by atoms with Crippen LogP contribution in [0.3, 0.4) is 0 Å². The van der Waals surface area contributed by atoms with Gasteiger partial charge in [0.05, 0.1) is 5.01 Å². The number of thiazole rings is 1. The molecule has 1 aliphatic heterocycles. The van der Waals surface area contributed by atoms with Gasteiger partial charge in [0.25, 0.3) is 5.78 Å². The SMILES string of the molecule is Nc1nc(CC2CCCNC2)sc1C(=O)C(F)(F)F. The summed E-state index contributed by atoms with van der Waals surface area (Å²) >= 11 is 0.755. The van der Waals surface area contributed by atoms with Gasteiger partial charge >= 0.3 is 6.18 Å². The lowest BCUT2D eigenvalue weighted by Gasteiger charge is -2.21. The molecule has 0 spiro atoms. The van der Waals surface area contributed by atoms with Crippen LogP contribution in [-0.2, 0) is 6.42 Å². The van der Waals surface area contributed by atoms with Gasteiger partial charge in [-0.3, -0.25) is 4.79 Å². The van der Waals surface area contributed by atoms with Crippen molar-refractivity contribution >= 4 is 22.9 Å². The van der Waals surface area contributed by atoms with E-state index in [1.165, 1.54) is 0 Å². The van der Waals surface area contributed by atoms with Gasteiger partial charge in [-0.2, -0.15) is 13.2 Å². The Bertz CT molecular complexity index is 466. The number of nitrogens with two attached hydrogens (primary N) is 1. The number of nitrogens with one attached hydrogen (secondary N) is 1. The molecule has 0 saturated carbocycles. The number of alkyl halides is 3. The summed E-state index contributed by atoms with van der Waals surface area (Å²) in [7, 11) is 0. The van der Waals surface area contributed by atoms with E-state index in [1.807, 2.05) is 0 Å². The van der Waals surface area contributed by atoms with Crippen LogP contribution in [0.1, 0.15) is 27.5 Å². The van der Waals surface area contributed by atoms with E-state index in [9.17, 15) is 18.0 Å². The van der Waals surface area contributed by atoms with E-state index in [2.05, 4.69) is 10.3 Å². The number of nitrogen functional groups attached to an aromatic ring is 1. The van der Waals surface area contributed by atoms with Crippen LogP contribution in [0.5, 0.6) is 0 Å². The van der Waals surface area contributed by atoms with E-state index >= 15 is 0 Å². The minimum Gasteiger partial charge on any atom is -0.382 e. The van der Waals surface area contributed by atoms with Gasteiger partial charge in [0.15, 0.2) is 0 Å². The second kappa shape index (κ2) is 5.46. The average Bonchev–Trinajstić information content (AvgIpc) is 2.69. The van der Waals surface area contributed by atoms with Crippen molar-refractivity contribution in [3.8, 4) is 0 Å². The molecule has 3 N–H and O–H groups in total. The first-order valence-corrected chi connectivity index (χ1v) is 6.77. The highest BCUT2D eigenvalue weighted by molar-refractivity contribution is 7.14. The molecule has 1 saturated heterocycles. The zero-order chi connectivity index (χ0) is 14.0. The number of carbonyl (C=O) groups is 1. The van der Waals surface area contributed by atoms with Crippen LogP contribution in [0.15, 0.2) is 0 Å². The predicted octanol–water partition coefficient (Wildman–Crippen LogP) is 2.01. The molecule has 1 aliphatic rings. The highest BCUT2D eigenvalue weighted by Crippen LogP contribution is 2.30. The summed E-state index contributed by atoms with van der Waals surface area (Å²) < 4.78 is 37.0. The Kier molecular flexibility index (Phi) is 4.10. The standard InChI is InChI=1S/C11H14F3N3OS/c12-11(13,14)9(18)8-10(15)17-7(19-8)4-6-2-1-3-16-5-6/h6,16H,1-5,15H2. The number of rotatable bonds is 3. The molecule has 106 valence electrons. The molecule has 0 bridgehead atoms. The van der Waals surface area contributed by atoms with Crippen LogP contribution in [0.4, 0.5) is 19.0 Å². The van der Waals surface area contributed by atoms with Crippen LogP contribution in [0, 0.1) is 5.92 Å². The van der Waals surface area contributed by atoms with Gasteiger partial charge in [0, 0.05) is 6.42 Å². The zero-order valence-electron chi connectivity index (χ0n) is 10.1. The van der Waals surface area contributed by atoms with E-state index in [1.54, 1.807) is 0 Å². The number of hydrogen-bond acceptors (Lipinski definition) is 5. The highest BCUT2D eigenvalue weighted by Gasteiger charge is 2.42. The maximum absolute atomic E-state index is 12.3. The Morgan fingerprint density at radius 3 is 2.84 bits per heavy atom. The van der Waals surface area contributed by atoms with Gasteiger partial charge in [-0.25, -0.2) is 4.98 Å². The molecule has 2 rings (SSSR count). The molecule has 2 heterocycles. The van der Waals surface area contributed by atoms with Crippen molar-refractivity contribution in [1.29, 1.82) is 0 Å². The lowest BCUT2D eigenvalue weighted by molar-refractivity contribution is -0.0882. The summed E-state index contributed by atoms with van der Waals surface area (Å²) in [5.41, 5.74) is 5.41. The molecule has 19 heavy (non-hydrogen) atoms. The largest absolute Gasteiger partial charge is 0.455 e. The lowest BCUT2D eigenvalue weighted by atomic mass is 9.97. The molecule has 0 radical (unpaired) electrons. The summed E-state index contributed by atoms with van der Waals surface area (Å²) in [4.78, 5) is 14.5. The van der Waals surface area contributed by atoms with Gasteiger partial charge in [0.2, 0.25) is 0 Å². The molecule has 0 amide bonds. The van der Waals surface area contributed by atoms with Crippen molar-refractivity contribution < 1.29 is 18.0 Å². The Balaban J connectivity index is 2.10. The molecule has 8 heteroatoms. The average molecular weight is 293 g/mol. The fourth-order valence-corrected chi connectivity index (χ4v) is 3.16. The highest BCUT2D eigenvalue weighted by atomic mass is 32.1. The Morgan fingerprint density at radius 2 is 2.26 bits per heavy atom. The fraction of sp³-hybridized carbons (Fsp3) is 0.636. The van der Waals surface area contributed by atoms with E-state index in [-0.39, 0.29) is 5.82 Å². The van der Waals surface area contributed by atoms with Crippen molar-refractivity contribution in [2.75, 3.05) is 18.8 Å². The molecule has 1 fully saturated rings. The van der Waals surface area contributed by atoms with E-state index in [0.29, 0.717) is 17.3 Å². The Morgan fingerprint density at radius 1 is 1.53 bits per heavy atom. The van der Waals surface area contributed by atoms with E-state index in [0.717, 1.165) is 37.3 Å². The van der Waals surface area contributed by atoms with Crippen LogP contribution in [-0.4, -0.2) is 30.0 Å². The number of anilines is 1. The third-order valence-corrected chi connectivity index (χ3v) is 4.12. The number of Topliss-reactive ketones (excluding diaryl/α,β-unsaturated/α-hetero) is 1. The molecule has 0 aliphatic carbocycles. The van der Waals surface area contributed by atoms with Crippen LogP contribution in [0.25, 0.3) is 0 Å². The molecular weight excluding hydrogens is 279 g/mol. The lowest BCUT2D eigenvalue weighted by Crippen LogP contribution is -2.30. The molecule has 1 unspecified atom stereocenters. The van der Waals surface area contributed by atoms with Crippen molar-refractivity contribution in [1.82, 2.24) is 10.3 Å². The molecule has 4 nitrogen and oxygen atoms in total. The normalized spacial score (nSPS) is 20.5. The number of hydrogen-bond donors (Lipinski definition) is 2. The van der Waals surface area contributed by atoms with Gasteiger partial charge in [0.1, 0.15) is 10.7 Å². The molecule has 1 aromatic rings. The van der Waals surface area contributed by atoms with Crippen LogP contribution >= 0.6 is 11.3 Å². The van der Waals surface area contributed by atoms with Crippen LogP contribution < -0.4 is 11.1 Å². The first-order valence-electron chi connectivity index (χ1n) is 5.95. The van der Waals surface area contributed by atoms with Gasteiger partial charge < -0.3 is 11.1 Å². The van der Waals surface area contributed by atoms with Crippen molar-refractivity contribution in [2.24, 2.45) is 5.92 Å². The first kappa shape index (κ1) is 14.3.